The number of nitrogens with zero attached hydrogens (tertiary/aromatic N) is 1. The van der Waals surface area contributed by atoms with Crippen LogP contribution in [0, 0.1) is 0 Å². The van der Waals surface area contributed by atoms with E-state index in [-0.39, 0.29) is 0 Å². The zero-order valence-electron chi connectivity index (χ0n) is 13.1. The van der Waals surface area contributed by atoms with E-state index in [1.54, 1.807) is 6.20 Å². The first-order valence-electron chi connectivity index (χ1n) is 7.74. The van der Waals surface area contributed by atoms with Crippen molar-refractivity contribution in [2.24, 2.45) is 0 Å². The van der Waals surface area contributed by atoms with Crippen LogP contribution in [0.5, 0.6) is 5.75 Å². The summed E-state index contributed by atoms with van der Waals surface area (Å²) in [7, 11) is -1.08. The van der Waals surface area contributed by atoms with Gasteiger partial charge in [-0.15, -0.1) is 0 Å². The van der Waals surface area contributed by atoms with Gasteiger partial charge in [0.2, 0.25) is 0 Å². The van der Waals surface area contributed by atoms with E-state index in [0.717, 1.165) is 26.8 Å². The summed E-state index contributed by atoms with van der Waals surface area (Å²) in [6.07, 6.45) is 1.71. The van der Waals surface area contributed by atoms with Crippen LogP contribution in [0.3, 0.4) is 0 Å². The maximum atomic E-state index is 10.7. The molecule has 0 aliphatic heterocycles. The zero-order chi connectivity index (χ0) is 17.2. The number of rotatable bonds is 4. The summed E-state index contributed by atoms with van der Waals surface area (Å²) >= 11 is 7.53. The minimum Gasteiger partial charge on any atom is -0.530 e. The molecule has 4 aromatic rings. The van der Waals surface area contributed by atoms with E-state index < -0.39 is 7.12 Å². The lowest BCUT2D eigenvalue weighted by Gasteiger charge is -2.12. The molecule has 0 saturated carbocycles. The summed E-state index contributed by atoms with van der Waals surface area (Å²) < 4.78 is 6.57. The molecule has 4 rings (SSSR count). The molecule has 0 amide bonds. The van der Waals surface area contributed by atoms with Crippen LogP contribution in [-0.2, 0) is 0 Å². The number of halogens is 1. The molecule has 25 heavy (non-hydrogen) atoms. The predicted octanol–water partition coefficient (Wildman–Crippen LogP) is 4.38. The Morgan fingerprint density at radius 3 is 2.76 bits per heavy atom. The molecule has 2 aromatic heterocycles. The van der Waals surface area contributed by atoms with E-state index in [4.69, 9.17) is 16.3 Å². The Hall–Kier alpha value is -2.34. The Labute approximate surface area is 154 Å². The first-order chi connectivity index (χ1) is 12.2. The molecule has 0 aliphatic rings. The van der Waals surface area contributed by atoms with Crippen molar-refractivity contribution in [3.63, 3.8) is 0 Å². The third-order valence-corrected chi connectivity index (χ3v) is 5.07. The summed E-state index contributed by atoms with van der Waals surface area (Å²) in [4.78, 5) is 4.36. The quantitative estimate of drug-likeness (QED) is 0.546. The van der Waals surface area contributed by atoms with Crippen molar-refractivity contribution in [1.82, 2.24) is 4.98 Å². The molecule has 0 bridgehead atoms. The fourth-order valence-electron chi connectivity index (χ4n) is 2.75. The molecule has 3 nitrogen and oxygen atoms in total. The van der Waals surface area contributed by atoms with Crippen molar-refractivity contribution < 1.29 is 9.68 Å². The largest absolute Gasteiger partial charge is 0.571 e. The SMILES string of the molecule is OB(Oc1cccc2cccnc12)c1sccc1-c1cccc(Cl)c1. The smallest absolute Gasteiger partial charge is 0.530 e. The van der Waals surface area contributed by atoms with Crippen LogP contribution in [0.15, 0.2) is 72.2 Å². The molecule has 0 spiro atoms. The van der Waals surface area contributed by atoms with Gasteiger partial charge >= 0.3 is 7.12 Å². The molecule has 0 radical (unpaired) electrons. The number of hydrogen-bond donors (Lipinski definition) is 1. The van der Waals surface area contributed by atoms with E-state index in [1.165, 1.54) is 11.3 Å². The highest BCUT2D eigenvalue weighted by atomic mass is 35.5. The average molecular weight is 366 g/mol. The van der Waals surface area contributed by atoms with Gasteiger partial charge in [0.05, 0.1) is 4.78 Å². The molecule has 122 valence electrons. The van der Waals surface area contributed by atoms with Gasteiger partial charge in [0.15, 0.2) is 0 Å². The van der Waals surface area contributed by atoms with Crippen molar-refractivity contribution in [2.75, 3.05) is 0 Å². The van der Waals surface area contributed by atoms with E-state index in [0.29, 0.717) is 10.8 Å². The van der Waals surface area contributed by atoms with Crippen LogP contribution >= 0.6 is 22.9 Å². The first-order valence-corrected chi connectivity index (χ1v) is 9.00. The fourth-order valence-corrected chi connectivity index (χ4v) is 3.77. The Bertz CT molecular complexity index is 1030. The van der Waals surface area contributed by atoms with Gasteiger partial charge in [0, 0.05) is 16.6 Å². The van der Waals surface area contributed by atoms with Crippen molar-refractivity contribution in [3.8, 4) is 16.9 Å². The Kier molecular flexibility index (Phi) is 4.45. The molecule has 6 heteroatoms. The van der Waals surface area contributed by atoms with Crippen molar-refractivity contribution in [3.05, 3.63) is 77.3 Å². The zero-order valence-corrected chi connectivity index (χ0v) is 14.7. The van der Waals surface area contributed by atoms with Crippen LogP contribution in [0.1, 0.15) is 0 Å². The third kappa shape index (κ3) is 3.26. The van der Waals surface area contributed by atoms with Crippen LogP contribution in [-0.4, -0.2) is 17.1 Å². The average Bonchev–Trinajstić information content (AvgIpc) is 3.12. The highest BCUT2D eigenvalue weighted by molar-refractivity contribution is 7.21. The number of fused-ring (bicyclic) bond motifs is 1. The van der Waals surface area contributed by atoms with Crippen LogP contribution in [0.4, 0.5) is 0 Å². The highest BCUT2D eigenvalue weighted by Gasteiger charge is 2.25. The van der Waals surface area contributed by atoms with Crippen molar-refractivity contribution in [1.29, 1.82) is 0 Å². The lowest BCUT2D eigenvalue weighted by molar-refractivity contribution is 0.436. The summed E-state index contributed by atoms with van der Waals surface area (Å²) in [5.41, 5.74) is 2.58. The topological polar surface area (TPSA) is 42.4 Å². The van der Waals surface area contributed by atoms with Gasteiger partial charge in [0.1, 0.15) is 11.3 Å². The molecule has 0 fully saturated rings. The van der Waals surface area contributed by atoms with Gasteiger partial charge in [0.25, 0.3) is 0 Å². The van der Waals surface area contributed by atoms with Crippen LogP contribution < -0.4 is 9.43 Å². The molecule has 1 N–H and O–H groups in total. The fraction of sp³-hybridized carbons (Fsp3) is 0. The number of aromatic nitrogens is 1. The number of hydrogen-bond acceptors (Lipinski definition) is 4. The third-order valence-electron chi connectivity index (χ3n) is 3.89. The summed E-state index contributed by atoms with van der Waals surface area (Å²) in [5, 5.41) is 14.2. The van der Waals surface area contributed by atoms with Crippen LogP contribution in [0.25, 0.3) is 22.0 Å². The molecule has 0 aliphatic carbocycles. The lowest BCUT2D eigenvalue weighted by atomic mass is 9.83. The summed E-state index contributed by atoms with van der Waals surface area (Å²) in [6.45, 7) is 0. The first kappa shape index (κ1) is 16.2. The Morgan fingerprint density at radius 1 is 1.04 bits per heavy atom. The van der Waals surface area contributed by atoms with Crippen LogP contribution in [0.2, 0.25) is 5.02 Å². The van der Waals surface area contributed by atoms with Gasteiger partial charge < -0.3 is 9.68 Å². The second-order valence-corrected chi connectivity index (χ2v) is 6.89. The Balaban J connectivity index is 1.68. The number of thiophene rings is 1. The minimum atomic E-state index is -1.08. The lowest BCUT2D eigenvalue weighted by Crippen LogP contribution is -2.35. The second-order valence-electron chi connectivity index (χ2n) is 5.51. The second kappa shape index (κ2) is 6.88. The van der Waals surface area contributed by atoms with Gasteiger partial charge in [-0.25, -0.2) is 0 Å². The van der Waals surface area contributed by atoms with E-state index >= 15 is 0 Å². The molecule has 0 unspecified atom stereocenters. The van der Waals surface area contributed by atoms with E-state index in [2.05, 4.69) is 4.98 Å². The molecule has 0 atom stereocenters. The molecule has 2 aromatic carbocycles. The monoisotopic (exact) mass is 365 g/mol. The number of benzene rings is 2. The number of para-hydroxylation sites is 1. The van der Waals surface area contributed by atoms with Crippen molar-refractivity contribution >= 4 is 45.7 Å². The van der Waals surface area contributed by atoms with Gasteiger partial charge in [-0.05, 0) is 46.8 Å². The standard InChI is InChI=1S/C19H13BClNO2S/c21-15-7-1-5-14(12-15)16-9-11-25-19(16)20(23)24-17-8-2-4-13-6-3-10-22-18(13)17/h1-12,23H. The highest BCUT2D eigenvalue weighted by Crippen LogP contribution is 2.26. The van der Waals surface area contributed by atoms with Gasteiger partial charge in [-0.2, -0.15) is 11.3 Å². The normalized spacial score (nSPS) is 10.8. The summed E-state index contributed by atoms with van der Waals surface area (Å²) in [5.74, 6) is 0.552. The maximum Gasteiger partial charge on any atom is 0.571 e. The molecule has 2 heterocycles. The maximum absolute atomic E-state index is 10.7. The predicted molar refractivity (Wildman–Crippen MR) is 105 cm³/mol. The molecule has 0 saturated heterocycles. The molecular weight excluding hydrogens is 353 g/mol. The van der Waals surface area contributed by atoms with E-state index in [9.17, 15) is 5.02 Å². The molecular formula is C19H13BClNO2S. The Morgan fingerprint density at radius 2 is 1.88 bits per heavy atom. The van der Waals surface area contributed by atoms with Gasteiger partial charge in [-0.1, -0.05) is 41.9 Å². The minimum absolute atomic E-state index is 0.552. The van der Waals surface area contributed by atoms with E-state index in [1.807, 2.05) is 66.0 Å². The summed E-state index contributed by atoms with van der Waals surface area (Å²) in [6, 6.07) is 19.0. The van der Waals surface area contributed by atoms with Gasteiger partial charge in [-0.3, -0.25) is 4.98 Å². The number of pyridine rings is 1. The van der Waals surface area contributed by atoms with Crippen molar-refractivity contribution in [2.45, 2.75) is 0 Å².